The largest absolute Gasteiger partial charge is 0.342 e. The van der Waals surface area contributed by atoms with Crippen molar-refractivity contribution in [3.63, 3.8) is 0 Å². The third-order valence-electron chi connectivity index (χ3n) is 6.19. The molecule has 0 spiro atoms. The predicted molar refractivity (Wildman–Crippen MR) is 109 cm³/mol. The predicted octanol–water partition coefficient (Wildman–Crippen LogP) is 3.12. The highest BCUT2D eigenvalue weighted by atomic mass is 35.5. The lowest BCUT2D eigenvalue weighted by Crippen LogP contribution is -2.60. The Labute approximate surface area is 165 Å². The van der Waals surface area contributed by atoms with Crippen LogP contribution in [-0.4, -0.2) is 48.4 Å². The number of amides is 2. The van der Waals surface area contributed by atoms with Crippen molar-refractivity contribution in [2.24, 2.45) is 11.8 Å². The van der Waals surface area contributed by atoms with Crippen LogP contribution in [0.2, 0.25) is 0 Å². The van der Waals surface area contributed by atoms with Gasteiger partial charge in [0.15, 0.2) is 0 Å². The Bertz CT molecular complexity index is 442. The van der Waals surface area contributed by atoms with Crippen LogP contribution >= 0.6 is 12.4 Å². The summed E-state index contributed by atoms with van der Waals surface area (Å²) in [7, 11) is 0. The molecule has 2 aliphatic rings. The second kappa shape index (κ2) is 11.1. The molecular formula is C20H38ClN3O2. The standard InChI is InChI=1S/C20H37N3O2.ClH/c1-4-23(5-2)19(25)20(11-7-6-8-12-20)22-18(24)14-16(3)17-10-9-13-21-15-17;/h16-17,21H,4-15H2,1-3H3,(H,22,24);1H. The molecular weight excluding hydrogens is 350 g/mol. The molecule has 2 unspecified atom stereocenters. The molecule has 2 fully saturated rings. The first-order valence-corrected chi connectivity index (χ1v) is 10.3. The fourth-order valence-electron chi connectivity index (χ4n) is 4.50. The fraction of sp³-hybridized carbons (Fsp3) is 0.900. The van der Waals surface area contributed by atoms with Gasteiger partial charge in [0.1, 0.15) is 5.54 Å². The molecule has 1 saturated carbocycles. The highest BCUT2D eigenvalue weighted by Gasteiger charge is 2.42. The lowest BCUT2D eigenvalue weighted by atomic mass is 9.79. The summed E-state index contributed by atoms with van der Waals surface area (Å²) in [6.45, 7) is 9.72. The van der Waals surface area contributed by atoms with Crippen molar-refractivity contribution >= 4 is 24.2 Å². The van der Waals surface area contributed by atoms with Gasteiger partial charge in [-0.05, 0) is 64.5 Å². The van der Waals surface area contributed by atoms with E-state index in [1.54, 1.807) is 0 Å². The van der Waals surface area contributed by atoms with Crippen LogP contribution in [0.1, 0.15) is 72.1 Å². The minimum absolute atomic E-state index is 0. The topological polar surface area (TPSA) is 61.4 Å². The summed E-state index contributed by atoms with van der Waals surface area (Å²) >= 11 is 0. The van der Waals surface area contributed by atoms with Crippen LogP contribution in [0.3, 0.4) is 0 Å². The average molecular weight is 388 g/mol. The number of nitrogens with one attached hydrogen (secondary N) is 2. The van der Waals surface area contributed by atoms with E-state index in [9.17, 15) is 9.59 Å². The number of hydrogen-bond acceptors (Lipinski definition) is 3. The fourth-order valence-corrected chi connectivity index (χ4v) is 4.50. The molecule has 2 N–H and O–H groups in total. The van der Waals surface area contributed by atoms with E-state index in [0.717, 1.165) is 45.2 Å². The molecule has 1 aliphatic heterocycles. The number of nitrogens with zero attached hydrogens (tertiary/aromatic N) is 1. The minimum Gasteiger partial charge on any atom is -0.342 e. The van der Waals surface area contributed by atoms with Gasteiger partial charge in [-0.2, -0.15) is 0 Å². The minimum atomic E-state index is -0.661. The molecule has 5 nitrogen and oxygen atoms in total. The van der Waals surface area contributed by atoms with Crippen LogP contribution in [0.4, 0.5) is 0 Å². The number of piperidine rings is 1. The maximum atomic E-state index is 13.1. The molecule has 0 aromatic heterocycles. The molecule has 1 aliphatic carbocycles. The Balaban J connectivity index is 0.00000338. The summed E-state index contributed by atoms with van der Waals surface area (Å²) in [4.78, 5) is 27.8. The molecule has 0 bridgehead atoms. The van der Waals surface area contributed by atoms with E-state index < -0.39 is 5.54 Å². The first kappa shape index (κ1) is 23.2. The Kier molecular flexibility index (Phi) is 9.94. The molecule has 6 heteroatoms. The number of rotatable bonds is 7. The third kappa shape index (κ3) is 5.85. The molecule has 2 atom stereocenters. The molecule has 26 heavy (non-hydrogen) atoms. The van der Waals surface area contributed by atoms with E-state index in [0.29, 0.717) is 31.3 Å². The van der Waals surface area contributed by atoms with Crippen molar-refractivity contribution in [1.82, 2.24) is 15.5 Å². The van der Waals surface area contributed by atoms with E-state index in [2.05, 4.69) is 17.6 Å². The first-order valence-electron chi connectivity index (χ1n) is 10.3. The zero-order valence-electron chi connectivity index (χ0n) is 16.8. The SMILES string of the molecule is CCN(CC)C(=O)C1(NC(=O)CC(C)C2CCCNC2)CCCCC1.Cl. The van der Waals surface area contributed by atoms with Crippen molar-refractivity contribution in [1.29, 1.82) is 0 Å². The second-order valence-corrected chi connectivity index (χ2v) is 7.96. The second-order valence-electron chi connectivity index (χ2n) is 7.96. The van der Waals surface area contributed by atoms with E-state index >= 15 is 0 Å². The Morgan fingerprint density at radius 3 is 2.35 bits per heavy atom. The van der Waals surface area contributed by atoms with Gasteiger partial charge in [0.05, 0.1) is 0 Å². The molecule has 0 aromatic carbocycles. The van der Waals surface area contributed by atoms with E-state index in [1.165, 1.54) is 12.8 Å². The van der Waals surface area contributed by atoms with Gasteiger partial charge in [-0.1, -0.05) is 26.2 Å². The average Bonchev–Trinajstić information content (AvgIpc) is 2.64. The maximum Gasteiger partial charge on any atom is 0.248 e. The Morgan fingerprint density at radius 2 is 1.81 bits per heavy atom. The van der Waals surface area contributed by atoms with Crippen molar-refractivity contribution in [3.05, 3.63) is 0 Å². The number of likely N-dealkylation sites (N-methyl/N-ethyl adjacent to an activating group) is 1. The molecule has 1 saturated heterocycles. The van der Waals surface area contributed by atoms with Gasteiger partial charge in [0, 0.05) is 19.5 Å². The van der Waals surface area contributed by atoms with Crippen LogP contribution in [0.25, 0.3) is 0 Å². The van der Waals surface area contributed by atoms with Gasteiger partial charge in [-0.25, -0.2) is 0 Å². The lowest BCUT2D eigenvalue weighted by Gasteiger charge is -2.40. The van der Waals surface area contributed by atoms with Crippen LogP contribution in [0.15, 0.2) is 0 Å². The zero-order valence-corrected chi connectivity index (χ0v) is 17.6. The van der Waals surface area contributed by atoms with Gasteiger partial charge < -0.3 is 15.5 Å². The van der Waals surface area contributed by atoms with E-state index in [-0.39, 0.29) is 24.2 Å². The summed E-state index contributed by atoms with van der Waals surface area (Å²) < 4.78 is 0. The highest BCUT2D eigenvalue weighted by molar-refractivity contribution is 5.91. The van der Waals surface area contributed by atoms with Crippen LogP contribution < -0.4 is 10.6 Å². The molecule has 2 rings (SSSR count). The number of halogens is 1. The summed E-state index contributed by atoms with van der Waals surface area (Å²) in [6, 6.07) is 0. The van der Waals surface area contributed by atoms with Crippen LogP contribution in [-0.2, 0) is 9.59 Å². The molecule has 0 aromatic rings. The van der Waals surface area contributed by atoms with Crippen LogP contribution in [0.5, 0.6) is 0 Å². The number of carbonyl (C=O) groups excluding carboxylic acids is 2. The third-order valence-corrected chi connectivity index (χ3v) is 6.19. The van der Waals surface area contributed by atoms with Crippen molar-refractivity contribution < 1.29 is 9.59 Å². The lowest BCUT2D eigenvalue weighted by molar-refractivity contribution is -0.143. The Morgan fingerprint density at radius 1 is 1.15 bits per heavy atom. The van der Waals surface area contributed by atoms with Gasteiger partial charge in [-0.15, -0.1) is 12.4 Å². The smallest absolute Gasteiger partial charge is 0.248 e. The highest BCUT2D eigenvalue weighted by Crippen LogP contribution is 2.31. The first-order chi connectivity index (χ1) is 12.0. The Hall–Kier alpha value is -0.810. The number of carbonyl (C=O) groups is 2. The molecule has 152 valence electrons. The molecule has 0 radical (unpaired) electrons. The van der Waals surface area contributed by atoms with Gasteiger partial charge in [0.2, 0.25) is 11.8 Å². The van der Waals surface area contributed by atoms with Crippen molar-refractivity contribution in [2.75, 3.05) is 26.2 Å². The maximum absolute atomic E-state index is 13.1. The molecule has 2 amide bonds. The quantitative estimate of drug-likeness (QED) is 0.705. The summed E-state index contributed by atoms with van der Waals surface area (Å²) in [5, 5.41) is 6.63. The molecule has 1 heterocycles. The summed E-state index contributed by atoms with van der Waals surface area (Å²) in [5.74, 6) is 1.11. The number of hydrogen-bond donors (Lipinski definition) is 2. The normalized spacial score (nSPS) is 23.4. The van der Waals surface area contributed by atoms with Gasteiger partial charge in [0.25, 0.3) is 0 Å². The summed E-state index contributed by atoms with van der Waals surface area (Å²) in [5.41, 5.74) is -0.661. The van der Waals surface area contributed by atoms with Crippen molar-refractivity contribution in [2.45, 2.75) is 77.7 Å². The van der Waals surface area contributed by atoms with Gasteiger partial charge >= 0.3 is 0 Å². The monoisotopic (exact) mass is 387 g/mol. The zero-order chi connectivity index (χ0) is 18.3. The summed E-state index contributed by atoms with van der Waals surface area (Å²) in [6.07, 6.45) is 7.70. The van der Waals surface area contributed by atoms with E-state index in [1.807, 2.05) is 18.7 Å². The van der Waals surface area contributed by atoms with Gasteiger partial charge in [-0.3, -0.25) is 9.59 Å². The van der Waals surface area contributed by atoms with Crippen LogP contribution in [0, 0.1) is 11.8 Å². The van der Waals surface area contributed by atoms with Crippen molar-refractivity contribution in [3.8, 4) is 0 Å². The van der Waals surface area contributed by atoms with E-state index in [4.69, 9.17) is 0 Å².